The Balaban J connectivity index is 1.45. The van der Waals surface area contributed by atoms with Gasteiger partial charge in [-0.15, -0.1) is 0 Å². The fourth-order valence-corrected chi connectivity index (χ4v) is 3.90. The lowest BCUT2D eigenvalue weighted by Gasteiger charge is -2.35. The molecule has 0 N–H and O–H groups in total. The van der Waals surface area contributed by atoms with Crippen LogP contribution in [0, 0.1) is 12.8 Å². The van der Waals surface area contributed by atoms with Gasteiger partial charge in [0.05, 0.1) is 30.3 Å². The van der Waals surface area contributed by atoms with E-state index in [-0.39, 0.29) is 18.4 Å². The normalized spacial score (nSPS) is 21.4. The van der Waals surface area contributed by atoms with Crippen LogP contribution in [-0.2, 0) is 4.79 Å². The van der Waals surface area contributed by atoms with E-state index in [0.717, 1.165) is 42.9 Å². The van der Waals surface area contributed by atoms with Gasteiger partial charge in [0, 0.05) is 37.9 Å². The summed E-state index contributed by atoms with van der Waals surface area (Å²) in [7, 11) is 0. The first-order chi connectivity index (χ1) is 12.6. The summed E-state index contributed by atoms with van der Waals surface area (Å²) in [6, 6.07) is 1.96. The highest BCUT2D eigenvalue weighted by atomic mass is 19.1. The summed E-state index contributed by atoms with van der Waals surface area (Å²) in [6.45, 7) is 4.43. The first kappa shape index (κ1) is 17.0. The number of likely N-dealkylation sites (tertiary alicyclic amines) is 1. The summed E-state index contributed by atoms with van der Waals surface area (Å²) in [5, 5.41) is 4.41. The molecule has 0 spiro atoms. The van der Waals surface area contributed by atoms with E-state index in [9.17, 15) is 9.18 Å². The molecule has 2 fully saturated rings. The molecule has 0 aromatic carbocycles. The topological polar surface area (TPSA) is 54.3 Å². The summed E-state index contributed by atoms with van der Waals surface area (Å²) in [5.41, 5.74) is 3.14. The third kappa shape index (κ3) is 3.30. The number of aromatic nitrogens is 3. The van der Waals surface area contributed by atoms with Gasteiger partial charge >= 0.3 is 0 Å². The van der Waals surface area contributed by atoms with Crippen LogP contribution >= 0.6 is 0 Å². The predicted molar refractivity (Wildman–Crippen MR) is 97.1 cm³/mol. The Morgan fingerprint density at radius 3 is 2.62 bits per heavy atom. The van der Waals surface area contributed by atoms with Gasteiger partial charge in [0.1, 0.15) is 6.17 Å². The van der Waals surface area contributed by atoms with Gasteiger partial charge in [0.25, 0.3) is 0 Å². The van der Waals surface area contributed by atoms with Gasteiger partial charge in [0.15, 0.2) is 0 Å². The number of amides is 1. The van der Waals surface area contributed by atoms with Gasteiger partial charge in [-0.2, -0.15) is 5.10 Å². The largest absolute Gasteiger partial charge is 0.368 e. The highest BCUT2D eigenvalue weighted by Crippen LogP contribution is 2.29. The van der Waals surface area contributed by atoms with E-state index >= 15 is 0 Å². The van der Waals surface area contributed by atoms with Crippen LogP contribution in [0.1, 0.15) is 24.8 Å². The summed E-state index contributed by atoms with van der Waals surface area (Å²) >= 11 is 0. The van der Waals surface area contributed by atoms with Crippen molar-refractivity contribution in [3.05, 3.63) is 36.4 Å². The second-order valence-corrected chi connectivity index (χ2v) is 7.26. The van der Waals surface area contributed by atoms with Crippen LogP contribution in [0.2, 0.25) is 0 Å². The Morgan fingerprint density at radius 2 is 1.96 bits per heavy atom. The Bertz CT molecular complexity index is 784. The average molecular weight is 357 g/mol. The first-order valence-corrected chi connectivity index (χ1v) is 9.25. The van der Waals surface area contributed by atoms with E-state index in [1.54, 1.807) is 11.1 Å². The minimum Gasteiger partial charge on any atom is -0.368 e. The van der Waals surface area contributed by atoms with Gasteiger partial charge in [-0.25, -0.2) is 9.07 Å². The molecular formula is C19H24FN5O. The fourth-order valence-electron chi connectivity index (χ4n) is 3.90. The SMILES string of the molecule is Cc1cnn(-c2ccncc2N2CCC(C(=O)N3CCC(F)C3)CC2)c1. The molecular weight excluding hydrogens is 333 g/mol. The van der Waals surface area contributed by atoms with Crippen molar-refractivity contribution in [1.29, 1.82) is 0 Å². The number of aryl methyl sites for hydroxylation is 1. The van der Waals surface area contributed by atoms with E-state index in [2.05, 4.69) is 15.0 Å². The average Bonchev–Trinajstić information content (AvgIpc) is 3.30. The van der Waals surface area contributed by atoms with Gasteiger partial charge in [-0.05, 0) is 37.8 Å². The monoisotopic (exact) mass is 357 g/mol. The highest BCUT2D eigenvalue weighted by molar-refractivity contribution is 5.79. The molecule has 2 aromatic heterocycles. The molecule has 26 heavy (non-hydrogen) atoms. The van der Waals surface area contributed by atoms with Crippen LogP contribution in [0.5, 0.6) is 0 Å². The predicted octanol–water partition coefficient (Wildman–Crippen LogP) is 2.36. The van der Waals surface area contributed by atoms with E-state index in [1.165, 1.54) is 0 Å². The molecule has 2 aliphatic rings. The number of carbonyl (C=O) groups is 1. The number of hydrogen-bond acceptors (Lipinski definition) is 4. The Labute approximate surface area is 152 Å². The number of rotatable bonds is 3. The van der Waals surface area contributed by atoms with Crippen LogP contribution in [0.3, 0.4) is 0 Å². The number of hydrogen-bond donors (Lipinski definition) is 0. The van der Waals surface area contributed by atoms with Crippen molar-refractivity contribution >= 4 is 11.6 Å². The van der Waals surface area contributed by atoms with Crippen molar-refractivity contribution < 1.29 is 9.18 Å². The lowest BCUT2D eigenvalue weighted by molar-refractivity contribution is -0.135. The van der Waals surface area contributed by atoms with Crippen LogP contribution in [0.15, 0.2) is 30.9 Å². The van der Waals surface area contributed by atoms with E-state index in [0.29, 0.717) is 13.0 Å². The third-order valence-electron chi connectivity index (χ3n) is 5.36. The Morgan fingerprint density at radius 1 is 1.15 bits per heavy atom. The standard InChI is InChI=1S/C19H24FN5O/c1-14-10-22-25(12-14)17-2-6-21-11-18(17)23-7-3-15(4-8-23)19(26)24-9-5-16(20)13-24/h2,6,10-12,15-16H,3-5,7-9,13H2,1H3. The van der Waals surface area contributed by atoms with Crippen molar-refractivity contribution in [3.63, 3.8) is 0 Å². The van der Waals surface area contributed by atoms with E-state index in [1.807, 2.05) is 36.3 Å². The summed E-state index contributed by atoms with van der Waals surface area (Å²) in [5.74, 6) is 0.127. The number of halogens is 1. The van der Waals surface area contributed by atoms with Gasteiger partial charge in [-0.3, -0.25) is 9.78 Å². The molecule has 138 valence electrons. The number of carbonyl (C=O) groups excluding carboxylic acids is 1. The number of pyridine rings is 1. The van der Waals surface area contributed by atoms with Crippen LogP contribution in [-0.4, -0.2) is 57.9 Å². The maximum atomic E-state index is 13.4. The zero-order valence-corrected chi connectivity index (χ0v) is 15.0. The summed E-state index contributed by atoms with van der Waals surface area (Å²) in [4.78, 5) is 20.8. The lowest BCUT2D eigenvalue weighted by atomic mass is 9.95. The Kier molecular flexibility index (Phi) is 4.61. The quantitative estimate of drug-likeness (QED) is 0.846. The molecule has 4 rings (SSSR count). The molecule has 1 amide bonds. The minimum atomic E-state index is -0.852. The van der Waals surface area contributed by atoms with Crippen LogP contribution < -0.4 is 4.90 Å². The molecule has 7 heteroatoms. The van der Waals surface area contributed by atoms with Gasteiger partial charge in [-0.1, -0.05) is 0 Å². The maximum absolute atomic E-state index is 13.4. The molecule has 0 radical (unpaired) electrons. The van der Waals surface area contributed by atoms with E-state index in [4.69, 9.17) is 0 Å². The number of alkyl halides is 1. The zero-order valence-electron chi connectivity index (χ0n) is 15.0. The molecule has 2 saturated heterocycles. The molecule has 6 nitrogen and oxygen atoms in total. The molecule has 2 aliphatic heterocycles. The van der Waals surface area contributed by atoms with Crippen molar-refractivity contribution in [1.82, 2.24) is 19.7 Å². The Hall–Kier alpha value is -2.44. The molecule has 1 atom stereocenters. The fraction of sp³-hybridized carbons (Fsp3) is 0.526. The summed E-state index contributed by atoms with van der Waals surface area (Å²) < 4.78 is 15.2. The molecule has 1 unspecified atom stereocenters. The molecule has 0 bridgehead atoms. The van der Waals surface area contributed by atoms with Crippen LogP contribution in [0.25, 0.3) is 5.69 Å². The zero-order chi connectivity index (χ0) is 18.1. The van der Waals surface area contributed by atoms with Gasteiger partial charge < -0.3 is 9.80 Å². The van der Waals surface area contributed by atoms with Gasteiger partial charge in [0.2, 0.25) is 5.91 Å². The van der Waals surface area contributed by atoms with Crippen molar-refractivity contribution in [2.75, 3.05) is 31.1 Å². The highest BCUT2D eigenvalue weighted by Gasteiger charge is 2.33. The van der Waals surface area contributed by atoms with Crippen molar-refractivity contribution in [3.8, 4) is 5.69 Å². The molecule has 0 aliphatic carbocycles. The third-order valence-corrected chi connectivity index (χ3v) is 5.36. The second kappa shape index (κ2) is 7.05. The first-order valence-electron chi connectivity index (χ1n) is 9.25. The van der Waals surface area contributed by atoms with Crippen LogP contribution in [0.4, 0.5) is 10.1 Å². The van der Waals surface area contributed by atoms with Crippen molar-refractivity contribution in [2.45, 2.75) is 32.4 Å². The number of nitrogens with zero attached hydrogens (tertiary/aromatic N) is 5. The number of piperidine rings is 1. The molecule has 4 heterocycles. The summed E-state index contributed by atoms with van der Waals surface area (Å²) in [6.07, 6.45) is 8.67. The lowest BCUT2D eigenvalue weighted by Crippen LogP contribution is -2.42. The van der Waals surface area contributed by atoms with Crippen molar-refractivity contribution in [2.24, 2.45) is 5.92 Å². The molecule has 2 aromatic rings. The minimum absolute atomic E-state index is 0.00335. The smallest absolute Gasteiger partial charge is 0.225 e. The second-order valence-electron chi connectivity index (χ2n) is 7.26. The maximum Gasteiger partial charge on any atom is 0.225 e. The number of anilines is 1. The molecule has 0 saturated carbocycles. The van der Waals surface area contributed by atoms with E-state index < -0.39 is 6.17 Å².